The lowest BCUT2D eigenvalue weighted by atomic mass is 9.94. The van der Waals surface area contributed by atoms with E-state index in [1.54, 1.807) is 22.5 Å². The summed E-state index contributed by atoms with van der Waals surface area (Å²) < 4.78 is 32.3. The van der Waals surface area contributed by atoms with E-state index in [2.05, 4.69) is 24.5 Å². The Hall–Kier alpha value is -2.65. The standard InChI is InChI=1S/C21H27N3O5S/c1-15-12-16(2)14-24(13-15)30(27,28)18-7-5-17(6-8-18)23-20(25)9-10-22-21(26)19-4-3-11-29-19/h3-8,11,15-16H,9-10,12-14H2,1-2H3,(H,22,26)(H,23,25). The first kappa shape index (κ1) is 22.0. The predicted molar refractivity (Wildman–Crippen MR) is 112 cm³/mol. The molecule has 0 bridgehead atoms. The Labute approximate surface area is 176 Å². The molecule has 2 aromatic rings. The molecule has 162 valence electrons. The maximum atomic E-state index is 12.9. The number of carbonyl (C=O) groups is 2. The van der Waals surface area contributed by atoms with Gasteiger partial charge < -0.3 is 15.1 Å². The number of nitrogens with zero attached hydrogens (tertiary/aromatic N) is 1. The van der Waals surface area contributed by atoms with E-state index in [0.29, 0.717) is 30.6 Å². The molecular weight excluding hydrogens is 406 g/mol. The number of nitrogens with one attached hydrogen (secondary N) is 2. The van der Waals surface area contributed by atoms with Gasteiger partial charge in [-0.2, -0.15) is 4.31 Å². The number of hydrogen-bond acceptors (Lipinski definition) is 5. The van der Waals surface area contributed by atoms with Crippen molar-refractivity contribution >= 4 is 27.5 Å². The number of hydrogen-bond donors (Lipinski definition) is 2. The molecule has 1 aliphatic rings. The third kappa shape index (κ3) is 5.48. The summed E-state index contributed by atoms with van der Waals surface area (Å²) in [5.74, 6) is 0.170. The summed E-state index contributed by atoms with van der Waals surface area (Å²) in [7, 11) is -3.55. The van der Waals surface area contributed by atoms with Crippen LogP contribution in [-0.2, 0) is 14.8 Å². The van der Waals surface area contributed by atoms with Gasteiger partial charge in [-0.3, -0.25) is 9.59 Å². The fourth-order valence-corrected chi connectivity index (χ4v) is 5.35. The number of benzene rings is 1. The van der Waals surface area contributed by atoms with Crippen molar-refractivity contribution in [1.82, 2.24) is 9.62 Å². The van der Waals surface area contributed by atoms with E-state index in [9.17, 15) is 18.0 Å². The van der Waals surface area contributed by atoms with Crippen LogP contribution in [0, 0.1) is 11.8 Å². The van der Waals surface area contributed by atoms with Gasteiger partial charge >= 0.3 is 0 Å². The Morgan fingerprint density at radius 2 is 1.77 bits per heavy atom. The Kier molecular flexibility index (Phi) is 6.94. The van der Waals surface area contributed by atoms with Crippen LogP contribution in [0.25, 0.3) is 0 Å². The first-order valence-electron chi connectivity index (χ1n) is 9.97. The van der Waals surface area contributed by atoms with E-state index >= 15 is 0 Å². The monoisotopic (exact) mass is 433 g/mol. The molecule has 0 radical (unpaired) electrons. The molecule has 1 aromatic heterocycles. The summed E-state index contributed by atoms with van der Waals surface area (Å²) in [6.45, 7) is 5.33. The molecule has 9 heteroatoms. The van der Waals surface area contributed by atoms with E-state index in [-0.39, 0.29) is 35.4 Å². The number of rotatable bonds is 7. The molecule has 2 amide bonds. The van der Waals surface area contributed by atoms with Crippen LogP contribution in [0.1, 0.15) is 37.2 Å². The fourth-order valence-electron chi connectivity index (χ4n) is 3.67. The van der Waals surface area contributed by atoms with Gasteiger partial charge in [0.15, 0.2) is 5.76 Å². The predicted octanol–water partition coefficient (Wildman–Crippen LogP) is 2.70. The van der Waals surface area contributed by atoms with Crippen LogP contribution < -0.4 is 10.6 Å². The zero-order valence-corrected chi connectivity index (χ0v) is 17.9. The maximum absolute atomic E-state index is 12.9. The normalized spacial score (nSPS) is 19.9. The molecule has 0 saturated carbocycles. The van der Waals surface area contributed by atoms with Crippen molar-refractivity contribution in [2.75, 3.05) is 25.0 Å². The van der Waals surface area contributed by atoms with Gasteiger partial charge in [-0.25, -0.2) is 8.42 Å². The molecule has 1 saturated heterocycles. The van der Waals surface area contributed by atoms with E-state index in [1.165, 1.54) is 24.5 Å². The topological polar surface area (TPSA) is 109 Å². The summed E-state index contributed by atoms with van der Waals surface area (Å²) in [6, 6.07) is 9.31. The average molecular weight is 434 g/mol. The highest BCUT2D eigenvalue weighted by Gasteiger charge is 2.31. The van der Waals surface area contributed by atoms with Gasteiger partial charge in [0, 0.05) is 31.7 Å². The van der Waals surface area contributed by atoms with E-state index < -0.39 is 10.0 Å². The molecule has 0 spiro atoms. The Balaban J connectivity index is 1.52. The molecular formula is C21H27N3O5S. The van der Waals surface area contributed by atoms with E-state index in [4.69, 9.17) is 4.42 Å². The van der Waals surface area contributed by atoms with Gasteiger partial charge in [-0.1, -0.05) is 13.8 Å². The minimum atomic E-state index is -3.55. The van der Waals surface area contributed by atoms with Crippen molar-refractivity contribution in [3.8, 4) is 0 Å². The first-order valence-corrected chi connectivity index (χ1v) is 11.4. The molecule has 1 aromatic carbocycles. The number of carbonyl (C=O) groups excluding carboxylic acids is 2. The summed E-state index contributed by atoms with van der Waals surface area (Å²) in [5.41, 5.74) is 0.497. The largest absolute Gasteiger partial charge is 0.459 e. The van der Waals surface area contributed by atoms with Crippen molar-refractivity contribution < 1.29 is 22.4 Å². The molecule has 2 heterocycles. The smallest absolute Gasteiger partial charge is 0.286 e. The van der Waals surface area contributed by atoms with E-state index in [1.807, 2.05) is 0 Å². The number of piperidine rings is 1. The van der Waals surface area contributed by atoms with Crippen LogP contribution in [0.3, 0.4) is 0 Å². The Morgan fingerprint density at radius 1 is 1.10 bits per heavy atom. The van der Waals surface area contributed by atoms with Crippen LogP contribution in [0.5, 0.6) is 0 Å². The molecule has 8 nitrogen and oxygen atoms in total. The second kappa shape index (κ2) is 9.44. The quantitative estimate of drug-likeness (QED) is 0.698. The summed E-state index contributed by atoms with van der Waals surface area (Å²) >= 11 is 0. The van der Waals surface area contributed by atoms with Gasteiger partial charge in [-0.05, 0) is 54.7 Å². The number of anilines is 1. The molecule has 2 atom stereocenters. The SMILES string of the molecule is CC1CC(C)CN(S(=O)(=O)c2ccc(NC(=O)CCNC(=O)c3ccco3)cc2)C1. The van der Waals surface area contributed by atoms with Crippen LogP contribution >= 0.6 is 0 Å². The molecule has 2 unspecified atom stereocenters. The maximum Gasteiger partial charge on any atom is 0.286 e. The van der Waals surface area contributed by atoms with Crippen molar-refractivity contribution in [2.45, 2.75) is 31.6 Å². The summed E-state index contributed by atoms with van der Waals surface area (Å²) in [5, 5.41) is 5.30. The lowest BCUT2D eigenvalue weighted by Gasteiger charge is -2.34. The first-order chi connectivity index (χ1) is 14.3. The van der Waals surface area contributed by atoms with Crippen molar-refractivity contribution in [3.05, 3.63) is 48.4 Å². The van der Waals surface area contributed by atoms with Gasteiger partial charge in [0.05, 0.1) is 11.2 Å². The lowest BCUT2D eigenvalue weighted by Crippen LogP contribution is -2.42. The van der Waals surface area contributed by atoms with E-state index in [0.717, 1.165) is 6.42 Å². The number of furan rings is 1. The zero-order chi connectivity index (χ0) is 21.7. The zero-order valence-electron chi connectivity index (χ0n) is 17.1. The van der Waals surface area contributed by atoms with Gasteiger partial charge in [0.25, 0.3) is 5.91 Å². The van der Waals surface area contributed by atoms with Gasteiger partial charge in [0.1, 0.15) is 0 Å². The fraction of sp³-hybridized carbons (Fsp3) is 0.429. The lowest BCUT2D eigenvalue weighted by molar-refractivity contribution is -0.116. The second-order valence-corrected chi connectivity index (χ2v) is 9.76. The van der Waals surface area contributed by atoms with Crippen LogP contribution in [0.15, 0.2) is 52.0 Å². The van der Waals surface area contributed by atoms with Crippen LogP contribution in [0.4, 0.5) is 5.69 Å². The molecule has 0 aliphatic carbocycles. The Bertz CT molecular complexity index is 961. The molecule has 3 rings (SSSR count). The third-order valence-corrected chi connectivity index (χ3v) is 6.84. The van der Waals surface area contributed by atoms with Crippen molar-refractivity contribution in [1.29, 1.82) is 0 Å². The highest BCUT2D eigenvalue weighted by atomic mass is 32.2. The van der Waals surface area contributed by atoms with Gasteiger partial charge in [0.2, 0.25) is 15.9 Å². The molecule has 2 N–H and O–H groups in total. The minimum Gasteiger partial charge on any atom is -0.459 e. The molecule has 1 fully saturated rings. The molecule has 30 heavy (non-hydrogen) atoms. The summed E-state index contributed by atoms with van der Waals surface area (Å²) in [6.07, 6.45) is 2.51. The number of amides is 2. The summed E-state index contributed by atoms with van der Waals surface area (Å²) in [4.78, 5) is 24.0. The average Bonchev–Trinajstić information content (AvgIpc) is 3.22. The van der Waals surface area contributed by atoms with Crippen LogP contribution in [-0.4, -0.2) is 44.2 Å². The molecule has 1 aliphatic heterocycles. The van der Waals surface area contributed by atoms with Gasteiger partial charge in [-0.15, -0.1) is 0 Å². The number of sulfonamides is 1. The Morgan fingerprint density at radius 3 is 2.37 bits per heavy atom. The van der Waals surface area contributed by atoms with Crippen molar-refractivity contribution in [2.24, 2.45) is 11.8 Å². The third-order valence-electron chi connectivity index (χ3n) is 4.99. The highest BCUT2D eigenvalue weighted by Crippen LogP contribution is 2.27. The minimum absolute atomic E-state index is 0.0794. The van der Waals surface area contributed by atoms with Crippen LogP contribution in [0.2, 0.25) is 0 Å². The second-order valence-electron chi connectivity index (χ2n) is 7.82. The highest BCUT2D eigenvalue weighted by molar-refractivity contribution is 7.89. The van der Waals surface area contributed by atoms with Crippen molar-refractivity contribution in [3.63, 3.8) is 0 Å².